The van der Waals surface area contributed by atoms with E-state index in [1.165, 1.54) is 5.56 Å². The predicted molar refractivity (Wildman–Crippen MR) is 97.7 cm³/mol. The maximum atomic E-state index is 10.4. The first-order valence-electron chi connectivity index (χ1n) is 8.41. The van der Waals surface area contributed by atoms with Crippen molar-refractivity contribution in [1.29, 1.82) is 0 Å². The van der Waals surface area contributed by atoms with Crippen molar-refractivity contribution in [3.05, 3.63) is 65.4 Å². The van der Waals surface area contributed by atoms with Crippen molar-refractivity contribution < 1.29 is 19.4 Å². The summed E-state index contributed by atoms with van der Waals surface area (Å²) in [4.78, 5) is 0. The molecule has 0 bridgehead atoms. The largest absolute Gasteiger partial charge is 0.490 e. The van der Waals surface area contributed by atoms with Crippen LogP contribution in [0.15, 0.2) is 52.9 Å². The van der Waals surface area contributed by atoms with Gasteiger partial charge < -0.3 is 19.4 Å². The standard InChI is InChI=1S/C21H24O4/c1-21(2,3)16-7-8-19-15(10-16)11-20(25-19)18(23)13-24-17-6-4-5-14(9-17)12-22/h4-11,18,22-23H,12-13H2,1-3H3. The summed E-state index contributed by atoms with van der Waals surface area (Å²) in [6, 6.07) is 15.1. The number of hydrogen-bond donors (Lipinski definition) is 2. The quantitative estimate of drug-likeness (QED) is 0.725. The number of furan rings is 1. The summed E-state index contributed by atoms with van der Waals surface area (Å²) >= 11 is 0. The van der Waals surface area contributed by atoms with Gasteiger partial charge in [-0.15, -0.1) is 0 Å². The molecule has 0 fully saturated rings. The van der Waals surface area contributed by atoms with E-state index in [4.69, 9.17) is 14.3 Å². The van der Waals surface area contributed by atoms with Crippen LogP contribution in [0.4, 0.5) is 0 Å². The molecule has 0 saturated heterocycles. The molecule has 0 saturated carbocycles. The van der Waals surface area contributed by atoms with Gasteiger partial charge in [0.05, 0.1) is 6.61 Å². The monoisotopic (exact) mass is 340 g/mol. The Labute approximate surface area is 147 Å². The highest BCUT2D eigenvalue weighted by Crippen LogP contribution is 2.30. The lowest BCUT2D eigenvalue weighted by molar-refractivity contribution is 0.0902. The SMILES string of the molecule is CC(C)(C)c1ccc2oc(C(O)COc3cccc(CO)c3)cc2c1. The van der Waals surface area contributed by atoms with Crippen LogP contribution >= 0.6 is 0 Å². The lowest BCUT2D eigenvalue weighted by Crippen LogP contribution is -2.10. The zero-order valence-electron chi connectivity index (χ0n) is 14.8. The molecular weight excluding hydrogens is 316 g/mol. The number of hydrogen-bond acceptors (Lipinski definition) is 4. The summed E-state index contributed by atoms with van der Waals surface area (Å²) < 4.78 is 11.4. The molecule has 25 heavy (non-hydrogen) atoms. The van der Waals surface area contributed by atoms with Gasteiger partial charge in [-0.1, -0.05) is 39.0 Å². The fraction of sp³-hybridized carbons (Fsp3) is 0.333. The zero-order valence-corrected chi connectivity index (χ0v) is 14.8. The highest BCUT2D eigenvalue weighted by atomic mass is 16.5. The summed E-state index contributed by atoms with van der Waals surface area (Å²) in [5.41, 5.74) is 2.80. The first-order valence-corrected chi connectivity index (χ1v) is 8.41. The van der Waals surface area contributed by atoms with Crippen molar-refractivity contribution in [3.63, 3.8) is 0 Å². The Kier molecular flexibility index (Phi) is 4.84. The molecule has 0 radical (unpaired) electrons. The van der Waals surface area contributed by atoms with Gasteiger partial charge in [-0.3, -0.25) is 0 Å². The maximum Gasteiger partial charge on any atom is 0.145 e. The second kappa shape index (κ2) is 6.90. The second-order valence-corrected chi connectivity index (χ2v) is 7.28. The van der Waals surface area contributed by atoms with E-state index in [1.54, 1.807) is 12.1 Å². The van der Waals surface area contributed by atoms with E-state index in [2.05, 4.69) is 32.9 Å². The van der Waals surface area contributed by atoms with Crippen molar-refractivity contribution in [1.82, 2.24) is 0 Å². The minimum Gasteiger partial charge on any atom is -0.490 e. The number of benzene rings is 2. The average Bonchev–Trinajstić information content (AvgIpc) is 3.02. The van der Waals surface area contributed by atoms with Crippen LogP contribution in [-0.4, -0.2) is 16.8 Å². The van der Waals surface area contributed by atoms with E-state index in [-0.39, 0.29) is 18.6 Å². The third-order valence-corrected chi connectivity index (χ3v) is 4.22. The molecular formula is C21H24O4. The van der Waals surface area contributed by atoms with Crippen LogP contribution in [0.1, 0.15) is 43.8 Å². The van der Waals surface area contributed by atoms with E-state index in [0.717, 1.165) is 16.5 Å². The number of aliphatic hydroxyl groups is 2. The Morgan fingerprint density at radius 3 is 2.60 bits per heavy atom. The molecule has 3 rings (SSSR count). The fourth-order valence-electron chi connectivity index (χ4n) is 2.69. The number of fused-ring (bicyclic) bond motifs is 1. The molecule has 0 aliphatic rings. The predicted octanol–water partition coefficient (Wildman–Crippen LogP) is 4.34. The van der Waals surface area contributed by atoms with Crippen molar-refractivity contribution in [2.75, 3.05) is 6.61 Å². The van der Waals surface area contributed by atoms with Gasteiger partial charge in [-0.25, -0.2) is 0 Å². The molecule has 2 aromatic carbocycles. The molecule has 0 aliphatic carbocycles. The second-order valence-electron chi connectivity index (χ2n) is 7.28. The van der Waals surface area contributed by atoms with Gasteiger partial charge in [-0.05, 0) is 46.9 Å². The summed E-state index contributed by atoms with van der Waals surface area (Å²) in [6.45, 7) is 6.54. The van der Waals surface area contributed by atoms with Gasteiger partial charge in [0.2, 0.25) is 0 Å². The van der Waals surface area contributed by atoms with Gasteiger partial charge in [0.25, 0.3) is 0 Å². The maximum absolute atomic E-state index is 10.4. The highest BCUT2D eigenvalue weighted by molar-refractivity contribution is 5.79. The Morgan fingerprint density at radius 2 is 1.88 bits per heavy atom. The van der Waals surface area contributed by atoms with E-state index in [9.17, 15) is 5.11 Å². The topological polar surface area (TPSA) is 62.8 Å². The lowest BCUT2D eigenvalue weighted by Gasteiger charge is -2.18. The molecule has 0 spiro atoms. The number of aliphatic hydroxyl groups excluding tert-OH is 2. The van der Waals surface area contributed by atoms with Crippen LogP contribution in [0.25, 0.3) is 11.0 Å². The molecule has 132 valence electrons. The molecule has 1 atom stereocenters. The molecule has 1 aromatic heterocycles. The van der Waals surface area contributed by atoms with E-state index < -0.39 is 6.10 Å². The molecule has 0 amide bonds. The minimum absolute atomic E-state index is 0.0422. The Morgan fingerprint density at radius 1 is 1.08 bits per heavy atom. The normalized spacial score (nSPS) is 13.2. The Bertz CT molecular complexity index is 858. The lowest BCUT2D eigenvalue weighted by atomic mass is 9.86. The first kappa shape index (κ1) is 17.5. The van der Waals surface area contributed by atoms with Gasteiger partial charge in [-0.2, -0.15) is 0 Å². The van der Waals surface area contributed by atoms with Crippen molar-refractivity contribution in [2.24, 2.45) is 0 Å². The van der Waals surface area contributed by atoms with E-state index >= 15 is 0 Å². The average molecular weight is 340 g/mol. The van der Waals surface area contributed by atoms with Crippen LogP contribution in [0.5, 0.6) is 5.75 Å². The first-order chi connectivity index (χ1) is 11.9. The molecule has 1 heterocycles. The van der Waals surface area contributed by atoms with E-state index in [0.29, 0.717) is 11.5 Å². The van der Waals surface area contributed by atoms with Crippen LogP contribution in [-0.2, 0) is 12.0 Å². The smallest absolute Gasteiger partial charge is 0.145 e. The van der Waals surface area contributed by atoms with Crippen molar-refractivity contribution in [3.8, 4) is 5.75 Å². The minimum atomic E-state index is -0.858. The summed E-state index contributed by atoms with van der Waals surface area (Å²) in [5, 5.41) is 20.5. The number of rotatable bonds is 5. The summed E-state index contributed by atoms with van der Waals surface area (Å²) in [5.74, 6) is 1.09. The highest BCUT2D eigenvalue weighted by Gasteiger charge is 2.18. The molecule has 2 N–H and O–H groups in total. The van der Waals surface area contributed by atoms with Gasteiger partial charge >= 0.3 is 0 Å². The molecule has 0 aliphatic heterocycles. The third-order valence-electron chi connectivity index (χ3n) is 4.22. The molecule has 1 unspecified atom stereocenters. The summed E-state index contributed by atoms with van der Waals surface area (Å²) in [7, 11) is 0. The van der Waals surface area contributed by atoms with Crippen LogP contribution in [0.3, 0.4) is 0 Å². The van der Waals surface area contributed by atoms with Crippen LogP contribution in [0, 0.1) is 0 Å². The van der Waals surface area contributed by atoms with Crippen molar-refractivity contribution in [2.45, 2.75) is 38.9 Å². The molecule has 4 heteroatoms. The third kappa shape index (κ3) is 4.03. The molecule has 3 aromatic rings. The summed E-state index contributed by atoms with van der Waals surface area (Å²) in [6.07, 6.45) is -0.858. The fourth-order valence-corrected chi connectivity index (χ4v) is 2.69. The molecule has 4 nitrogen and oxygen atoms in total. The van der Waals surface area contributed by atoms with Gasteiger partial charge in [0, 0.05) is 5.39 Å². The van der Waals surface area contributed by atoms with E-state index in [1.807, 2.05) is 24.3 Å². The van der Waals surface area contributed by atoms with Crippen LogP contribution < -0.4 is 4.74 Å². The number of ether oxygens (including phenoxy) is 1. The van der Waals surface area contributed by atoms with Crippen LogP contribution in [0.2, 0.25) is 0 Å². The van der Waals surface area contributed by atoms with Gasteiger partial charge in [0.1, 0.15) is 29.8 Å². The zero-order chi connectivity index (χ0) is 18.0. The Hall–Kier alpha value is -2.30. The van der Waals surface area contributed by atoms with Crippen molar-refractivity contribution >= 4 is 11.0 Å². The Balaban J connectivity index is 1.74. The van der Waals surface area contributed by atoms with Gasteiger partial charge in [0.15, 0.2) is 0 Å².